The first-order valence-corrected chi connectivity index (χ1v) is 10.3. The zero-order chi connectivity index (χ0) is 18.8. The Labute approximate surface area is 165 Å². The van der Waals surface area contributed by atoms with Crippen LogP contribution < -0.4 is 5.32 Å². The predicted molar refractivity (Wildman–Crippen MR) is 106 cm³/mol. The van der Waals surface area contributed by atoms with Gasteiger partial charge in [-0.05, 0) is 82.5 Å². The van der Waals surface area contributed by atoms with Crippen molar-refractivity contribution in [3.05, 3.63) is 34.3 Å². The van der Waals surface area contributed by atoms with E-state index >= 15 is 0 Å². The molecule has 1 aliphatic carbocycles. The second-order valence-corrected chi connectivity index (χ2v) is 9.72. The molecule has 2 fully saturated rings. The van der Waals surface area contributed by atoms with Crippen LogP contribution in [0, 0.1) is 5.41 Å². The average Bonchev–Trinajstić information content (AvgIpc) is 3.03. The maximum Gasteiger partial charge on any atom is 0.332 e. The van der Waals surface area contributed by atoms with Crippen molar-refractivity contribution in [2.24, 2.45) is 5.41 Å². The number of hydrogen-bond acceptors (Lipinski definition) is 4. The molecule has 0 aromatic heterocycles. The fourth-order valence-electron chi connectivity index (χ4n) is 4.24. The molecule has 0 amide bonds. The lowest BCUT2D eigenvalue weighted by molar-refractivity contribution is -0.172. The third kappa shape index (κ3) is 4.68. The fraction of sp³-hybridized carbons (Fsp3) is 0.667. The Morgan fingerprint density at radius 3 is 2.31 bits per heavy atom. The molecule has 1 aliphatic heterocycles. The van der Waals surface area contributed by atoms with E-state index < -0.39 is 11.2 Å². The molecule has 1 N–H and O–H groups in total. The van der Waals surface area contributed by atoms with Crippen molar-refractivity contribution < 1.29 is 14.3 Å². The molecule has 1 aromatic carbocycles. The van der Waals surface area contributed by atoms with Gasteiger partial charge in [-0.1, -0.05) is 28.1 Å². The van der Waals surface area contributed by atoms with E-state index in [0.717, 1.165) is 48.8 Å². The molecule has 1 aromatic rings. The van der Waals surface area contributed by atoms with Crippen molar-refractivity contribution in [1.29, 1.82) is 0 Å². The van der Waals surface area contributed by atoms with E-state index in [1.807, 2.05) is 20.8 Å². The van der Waals surface area contributed by atoms with Crippen LogP contribution in [-0.4, -0.2) is 31.3 Å². The normalized spacial score (nSPS) is 29.1. The minimum Gasteiger partial charge on any atom is -0.458 e. The molecule has 2 aliphatic rings. The SMILES string of the molecule is CC(C)(C)OC(=O)COC1(c2ccc(Br)cc2)CCC2(CCNC2)CC1. The minimum atomic E-state index is -0.489. The van der Waals surface area contributed by atoms with Gasteiger partial charge in [0.05, 0.1) is 5.60 Å². The quantitative estimate of drug-likeness (QED) is 0.721. The molecular formula is C21H30BrNO3. The van der Waals surface area contributed by atoms with Gasteiger partial charge >= 0.3 is 5.97 Å². The summed E-state index contributed by atoms with van der Waals surface area (Å²) in [5.41, 5.74) is 0.682. The van der Waals surface area contributed by atoms with Gasteiger partial charge in [-0.15, -0.1) is 0 Å². The summed E-state index contributed by atoms with van der Waals surface area (Å²) in [5.74, 6) is -0.295. The molecular weight excluding hydrogens is 394 g/mol. The summed E-state index contributed by atoms with van der Waals surface area (Å²) >= 11 is 3.51. The topological polar surface area (TPSA) is 47.6 Å². The standard InChI is InChI=1S/C21H30BrNO3/c1-19(2,3)26-18(24)14-25-21(16-4-6-17(22)7-5-16)10-8-20(9-11-21)12-13-23-15-20/h4-7,23H,8-15H2,1-3H3. The molecule has 1 saturated carbocycles. The van der Waals surface area contributed by atoms with Crippen molar-refractivity contribution >= 4 is 21.9 Å². The number of benzene rings is 1. The van der Waals surface area contributed by atoms with E-state index in [4.69, 9.17) is 9.47 Å². The van der Waals surface area contributed by atoms with Gasteiger partial charge in [0.15, 0.2) is 0 Å². The zero-order valence-corrected chi connectivity index (χ0v) is 17.7. The lowest BCUT2D eigenvalue weighted by atomic mass is 9.66. The summed E-state index contributed by atoms with van der Waals surface area (Å²) in [6.45, 7) is 7.87. The summed E-state index contributed by atoms with van der Waals surface area (Å²) in [4.78, 5) is 12.2. The lowest BCUT2D eigenvalue weighted by Crippen LogP contribution is -2.41. The van der Waals surface area contributed by atoms with E-state index in [-0.39, 0.29) is 12.6 Å². The van der Waals surface area contributed by atoms with Gasteiger partial charge < -0.3 is 14.8 Å². The number of hydrogen-bond donors (Lipinski definition) is 1. The molecule has 4 nitrogen and oxygen atoms in total. The van der Waals surface area contributed by atoms with Crippen molar-refractivity contribution in [3.8, 4) is 0 Å². The molecule has 0 radical (unpaired) electrons. The highest BCUT2D eigenvalue weighted by molar-refractivity contribution is 9.10. The van der Waals surface area contributed by atoms with E-state index in [9.17, 15) is 4.79 Å². The van der Waals surface area contributed by atoms with Crippen molar-refractivity contribution in [2.45, 2.75) is 64.1 Å². The summed E-state index contributed by atoms with van der Waals surface area (Å²) in [5, 5.41) is 3.51. The highest BCUT2D eigenvalue weighted by Gasteiger charge is 2.46. The lowest BCUT2D eigenvalue weighted by Gasteiger charge is -2.45. The van der Waals surface area contributed by atoms with Crippen LogP contribution >= 0.6 is 15.9 Å². The van der Waals surface area contributed by atoms with Crippen LogP contribution in [0.15, 0.2) is 28.7 Å². The number of carbonyl (C=O) groups excluding carboxylic acids is 1. The van der Waals surface area contributed by atoms with Gasteiger partial charge in [0, 0.05) is 11.0 Å². The molecule has 3 rings (SSSR count). The highest BCUT2D eigenvalue weighted by atomic mass is 79.9. The molecule has 1 heterocycles. The molecule has 144 valence electrons. The predicted octanol–water partition coefficient (Wildman–Crippen LogP) is 4.56. The summed E-state index contributed by atoms with van der Waals surface area (Å²) in [7, 11) is 0. The van der Waals surface area contributed by atoms with Crippen LogP contribution in [0.1, 0.15) is 58.4 Å². The Hall–Kier alpha value is -0.910. The monoisotopic (exact) mass is 423 g/mol. The highest BCUT2D eigenvalue weighted by Crippen LogP contribution is 2.50. The second kappa shape index (κ2) is 7.61. The second-order valence-electron chi connectivity index (χ2n) is 8.80. The first-order valence-electron chi connectivity index (χ1n) is 9.55. The number of rotatable bonds is 4. The maximum atomic E-state index is 12.2. The third-order valence-corrected chi connectivity index (χ3v) is 6.24. The minimum absolute atomic E-state index is 0.00140. The van der Waals surface area contributed by atoms with Gasteiger partial charge in [-0.25, -0.2) is 4.79 Å². The van der Waals surface area contributed by atoms with Crippen LogP contribution in [0.4, 0.5) is 0 Å². The van der Waals surface area contributed by atoms with Crippen molar-refractivity contribution in [3.63, 3.8) is 0 Å². The Balaban J connectivity index is 1.74. The van der Waals surface area contributed by atoms with Crippen LogP contribution in [0.3, 0.4) is 0 Å². The number of halogens is 1. The van der Waals surface area contributed by atoms with Crippen LogP contribution in [0.25, 0.3) is 0 Å². The number of carbonyl (C=O) groups is 1. The third-order valence-electron chi connectivity index (χ3n) is 5.71. The molecule has 0 unspecified atom stereocenters. The average molecular weight is 424 g/mol. The van der Waals surface area contributed by atoms with E-state index in [0.29, 0.717) is 5.41 Å². The van der Waals surface area contributed by atoms with Crippen LogP contribution in [0.2, 0.25) is 0 Å². The van der Waals surface area contributed by atoms with Crippen LogP contribution in [0.5, 0.6) is 0 Å². The molecule has 5 heteroatoms. The summed E-state index contributed by atoms with van der Waals surface area (Å²) in [6.07, 6.45) is 5.39. The number of nitrogens with one attached hydrogen (secondary N) is 1. The molecule has 1 saturated heterocycles. The van der Waals surface area contributed by atoms with Crippen LogP contribution in [-0.2, 0) is 19.9 Å². The van der Waals surface area contributed by atoms with E-state index in [1.165, 1.54) is 6.42 Å². The Morgan fingerprint density at radius 1 is 1.12 bits per heavy atom. The zero-order valence-electron chi connectivity index (χ0n) is 16.1. The van der Waals surface area contributed by atoms with Gasteiger partial charge in [-0.3, -0.25) is 0 Å². The number of ether oxygens (including phenoxy) is 2. The van der Waals surface area contributed by atoms with Crippen molar-refractivity contribution in [1.82, 2.24) is 5.32 Å². The van der Waals surface area contributed by atoms with Gasteiger partial charge in [0.25, 0.3) is 0 Å². The molecule has 0 bridgehead atoms. The Kier molecular flexibility index (Phi) is 5.80. The van der Waals surface area contributed by atoms with Gasteiger partial charge in [0.1, 0.15) is 12.2 Å². The molecule has 26 heavy (non-hydrogen) atoms. The first-order chi connectivity index (χ1) is 12.2. The largest absolute Gasteiger partial charge is 0.458 e. The van der Waals surface area contributed by atoms with Gasteiger partial charge in [0.2, 0.25) is 0 Å². The molecule has 1 spiro atoms. The summed E-state index contributed by atoms with van der Waals surface area (Å²) < 4.78 is 12.8. The molecule has 0 atom stereocenters. The van der Waals surface area contributed by atoms with Crippen molar-refractivity contribution in [2.75, 3.05) is 19.7 Å². The van der Waals surface area contributed by atoms with Gasteiger partial charge in [-0.2, -0.15) is 0 Å². The fourth-order valence-corrected chi connectivity index (χ4v) is 4.51. The Morgan fingerprint density at radius 2 is 1.77 bits per heavy atom. The maximum absolute atomic E-state index is 12.2. The van der Waals surface area contributed by atoms with E-state index in [2.05, 4.69) is 45.5 Å². The summed E-state index contributed by atoms with van der Waals surface area (Å²) in [6, 6.07) is 8.33. The smallest absolute Gasteiger partial charge is 0.332 e. The Bertz CT molecular complexity index is 620. The van der Waals surface area contributed by atoms with E-state index in [1.54, 1.807) is 0 Å². The number of esters is 1. The first kappa shape index (κ1) is 19.8.